The number of thiophene rings is 1. The van der Waals surface area contributed by atoms with Crippen LogP contribution in [0.25, 0.3) is 0 Å². The minimum Gasteiger partial charge on any atom is -0.379 e. The number of nitrogens with one attached hydrogen (secondary N) is 1. The summed E-state index contributed by atoms with van der Waals surface area (Å²) >= 11 is 1.37. The molecule has 0 bridgehead atoms. The Kier molecular flexibility index (Phi) is 9.93. The molecule has 0 unspecified atom stereocenters. The molecule has 3 rings (SSSR count). The largest absolute Gasteiger partial charge is 0.379 e. The van der Waals surface area contributed by atoms with E-state index in [9.17, 15) is 18.0 Å². The van der Waals surface area contributed by atoms with E-state index in [1.54, 1.807) is 17.0 Å². The molecule has 0 radical (unpaired) electrons. The van der Waals surface area contributed by atoms with Crippen molar-refractivity contribution in [2.75, 3.05) is 29.9 Å². The van der Waals surface area contributed by atoms with Crippen LogP contribution in [0.3, 0.4) is 0 Å². The first-order chi connectivity index (χ1) is 18.0. The summed E-state index contributed by atoms with van der Waals surface area (Å²) in [5.74, 6) is 0.0267. The number of carbonyl (C=O) groups excluding carboxylic acids is 2. The second-order valence-electron chi connectivity index (χ2n) is 9.26. The van der Waals surface area contributed by atoms with Crippen molar-refractivity contribution in [1.29, 1.82) is 0 Å². The molecule has 2 aromatic carbocycles. The van der Waals surface area contributed by atoms with E-state index in [4.69, 9.17) is 4.18 Å². The molecule has 8 nitrogen and oxygen atoms in total. The smallest absolute Gasteiger partial charge is 0.339 e. The van der Waals surface area contributed by atoms with Crippen LogP contribution in [0.4, 0.5) is 11.4 Å². The molecule has 1 N–H and O–H groups in total. The van der Waals surface area contributed by atoms with E-state index in [1.165, 1.54) is 42.5 Å². The number of anilines is 2. The van der Waals surface area contributed by atoms with Crippen LogP contribution < -0.4 is 14.4 Å². The maximum absolute atomic E-state index is 13.3. The first-order valence-electron chi connectivity index (χ1n) is 12.6. The highest BCUT2D eigenvalue weighted by molar-refractivity contribution is 7.87. The van der Waals surface area contributed by atoms with E-state index in [1.807, 2.05) is 51.3 Å². The maximum atomic E-state index is 13.3. The van der Waals surface area contributed by atoms with Crippen LogP contribution in [-0.4, -0.2) is 44.8 Å². The van der Waals surface area contributed by atoms with Crippen molar-refractivity contribution in [3.05, 3.63) is 70.4 Å². The number of benzene rings is 2. The molecule has 2 amide bonds. The molecular weight excluding hydrogens is 522 g/mol. The first kappa shape index (κ1) is 29.2. The standard InChI is InChI=1S/C28H35N3O5S2/c1-6-30(7-2)24-13-10-22(19-31(18-20(3)4)28(33)27-9-8-16-37-27)26(17-24)36-38(34,35)25-14-11-23(12-15-25)29-21(5)32/h8-17,20H,6-7,18-19H2,1-5H3,(H,29,32). The summed E-state index contributed by atoms with van der Waals surface area (Å²) in [4.78, 5) is 29.0. The Labute approximate surface area is 229 Å². The first-order valence-corrected chi connectivity index (χ1v) is 14.9. The summed E-state index contributed by atoms with van der Waals surface area (Å²) in [6.45, 7) is 11.7. The second-order valence-corrected chi connectivity index (χ2v) is 11.8. The van der Waals surface area contributed by atoms with E-state index >= 15 is 0 Å². The minimum atomic E-state index is -4.19. The van der Waals surface area contributed by atoms with Gasteiger partial charge in [0.15, 0.2) is 0 Å². The predicted octanol–water partition coefficient (Wildman–Crippen LogP) is 5.62. The predicted molar refractivity (Wildman–Crippen MR) is 152 cm³/mol. The summed E-state index contributed by atoms with van der Waals surface area (Å²) in [6, 6.07) is 14.9. The summed E-state index contributed by atoms with van der Waals surface area (Å²) in [6.07, 6.45) is 0. The normalized spacial score (nSPS) is 11.3. The Morgan fingerprint density at radius 2 is 1.71 bits per heavy atom. The molecule has 1 aromatic heterocycles. The second kappa shape index (κ2) is 12.9. The molecule has 0 aliphatic rings. The third-order valence-electron chi connectivity index (χ3n) is 5.81. The molecule has 10 heteroatoms. The molecule has 0 saturated heterocycles. The molecule has 0 aliphatic heterocycles. The zero-order valence-corrected chi connectivity index (χ0v) is 24.1. The number of hydrogen-bond donors (Lipinski definition) is 1. The van der Waals surface area contributed by atoms with E-state index < -0.39 is 10.1 Å². The number of nitrogens with zero attached hydrogens (tertiary/aromatic N) is 2. The summed E-state index contributed by atoms with van der Waals surface area (Å²) in [5, 5.41) is 4.48. The van der Waals surface area contributed by atoms with Crippen LogP contribution >= 0.6 is 11.3 Å². The molecule has 0 spiro atoms. The Morgan fingerprint density at radius 3 is 2.26 bits per heavy atom. The van der Waals surface area contributed by atoms with Gasteiger partial charge in [0, 0.05) is 56.1 Å². The monoisotopic (exact) mass is 557 g/mol. The van der Waals surface area contributed by atoms with Crippen LogP contribution in [0.15, 0.2) is 64.9 Å². The van der Waals surface area contributed by atoms with Gasteiger partial charge in [-0.3, -0.25) is 9.59 Å². The highest BCUT2D eigenvalue weighted by Gasteiger charge is 2.24. The van der Waals surface area contributed by atoms with Crippen molar-refractivity contribution in [3.8, 4) is 5.75 Å². The highest BCUT2D eigenvalue weighted by atomic mass is 32.2. The Balaban J connectivity index is 1.99. The van der Waals surface area contributed by atoms with Crippen LogP contribution in [-0.2, 0) is 21.5 Å². The van der Waals surface area contributed by atoms with Gasteiger partial charge >= 0.3 is 10.1 Å². The molecular formula is C28H35N3O5S2. The van der Waals surface area contributed by atoms with Gasteiger partial charge in [0.1, 0.15) is 10.6 Å². The summed E-state index contributed by atoms with van der Waals surface area (Å²) in [5.41, 5.74) is 1.90. The maximum Gasteiger partial charge on any atom is 0.339 e. The lowest BCUT2D eigenvalue weighted by atomic mass is 10.1. The lowest BCUT2D eigenvalue weighted by Crippen LogP contribution is -2.33. The Bertz CT molecular complexity index is 1330. The number of carbonyl (C=O) groups is 2. The number of hydrogen-bond acceptors (Lipinski definition) is 7. The molecule has 204 valence electrons. The van der Waals surface area contributed by atoms with Crippen molar-refractivity contribution in [1.82, 2.24) is 4.90 Å². The third kappa shape index (κ3) is 7.58. The summed E-state index contributed by atoms with van der Waals surface area (Å²) < 4.78 is 32.3. The molecule has 3 aromatic rings. The quantitative estimate of drug-likeness (QED) is 0.291. The minimum absolute atomic E-state index is 0.0421. The van der Waals surface area contributed by atoms with Crippen molar-refractivity contribution in [3.63, 3.8) is 0 Å². The van der Waals surface area contributed by atoms with E-state index in [2.05, 4.69) is 10.2 Å². The van der Waals surface area contributed by atoms with Crippen molar-refractivity contribution in [2.24, 2.45) is 5.92 Å². The lowest BCUT2D eigenvalue weighted by Gasteiger charge is -2.27. The van der Waals surface area contributed by atoms with Gasteiger partial charge < -0.3 is 19.3 Å². The number of amides is 2. The van der Waals surface area contributed by atoms with Crippen LogP contribution in [0.1, 0.15) is 49.9 Å². The fourth-order valence-corrected chi connectivity index (χ4v) is 5.68. The van der Waals surface area contributed by atoms with Crippen molar-refractivity contribution in [2.45, 2.75) is 46.1 Å². The van der Waals surface area contributed by atoms with E-state index in [0.29, 0.717) is 22.7 Å². The third-order valence-corrected chi connectivity index (χ3v) is 7.91. The molecule has 38 heavy (non-hydrogen) atoms. The Hall–Kier alpha value is -3.37. The van der Waals surface area contributed by atoms with Crippen LogP contribution in [0, 0.1) is 5.92 Å². The SMILES string of the molecule is CCN(CC)c1ccc(CN(CC(C)C)C(=O)c2cccs2)c(OS(=O)(=O)c2ccc(NC(C)=O)cc2)c1. The van der Waals surface area contributed by atoms with E-state index in [-0.39, 0.29) is 34.9 Å². The molecule has 0 aliphatic carbocycles. The average molecular weight is 558 g/mol. The van der Waals surface area contributed by atoms with Crippen molar-refractivity contribution < 1.29 is 22.2 Å². The molecule has 0 saturated carbocycles. The summed E-state index contributed by atoms with van der Waals surface area (Å²) in [7, 11) is -4.19. The molecule has 1 heterocycles. The van der Waals surface area contributed by atoms with Crippen molar-refractivity contribution >= 4 is 44.6 Å². The number of rotatable bonds is 12. The highest BCUT2D eigenvalue weighted by Crippen LogP contribution is 2.31. The van der Waals surface area contributed by atoms with Gasteiger partial charge in [0.25, 0.3) is 5.91 Å². The van der Waals surface area contributed by atoms with Gasteiger partial charge in [0.05, 0.1) is 4.88 Å². The molecule has 0 atom stereocenters. The Morgan fingerprint density at radius 1 is 1.03 bits per heavy atom. The zero-order valence-electron chi connectivity index (χ0n) is 22.4. The van der Waals surface area contributed by atoms with Gasteiger partial charge in [-0.25, -0.2) is 0 Å². The lowest BCUT2D eigenvalue weighted by molar-refractivity contribution is -0.114. The topological polar surface area (TPSA) is 96.0 Å². The average Bonchev–Trinajstić information content (AvgIpc) is 3.40. The fraction of sp³-hybridized carbons (Fsp3) is 0.357. The van der Waals surface area contributed by atoms with Gasteiger partial charge in [-0.05, 0) is 61.5 Å². The fourth-order valence-electron chi connectivity index (χ4n) is 4.03. The van der Waals surface area contributed by atoms with Gasteiger partial charge in [0.2, 0.25) is 5.91 Å². The van der Waals surface area contributed by atoms with Gasteiger partial charge in [-0.1, -0.05) is 26.0 Å². The molecule has 0 fully saturated rings. The van der Waals surface area contributed by atoms with E-state index in [0.717, 1.165) is 18.8 Å². The van der Waals surface area contributed by atoms with Crippen LogP contribution in [0.5, 0.6) is 5.75 Å². The zero-order chi connectivity index (χ0) is 27.9. The van der Waals surface area contributed by atoms with Crippen LogP contribution in [0.2, 0.25) is 0 Å². The van der Waals surface area contributed by atoms with Gasteiger partial charge in [-0.15, -0.1) is 11.3 Å². The van der Waals surface area contributed by atoms with Gasteiger partial charge in [-0.2, -0.15) is 8.42 Å².